The molecule has 1 N–H and O–H groups in total. The van der Waals surface area contributed by atoms with Crippen molar-refractivity contribution in [3.05, 3.63) is 35.4 Å². The lowest BCUT2D eigenvalue weighted by Crippen LogP contribution is -2.10. The van der Waals surface area contributed by atoms with Gasteiger partial charge < -0.3 is 5.11 Å². The van der Waals surface area contributed by atoms with Crippen LogP contribution < -0.4 is 0 Å². The van der Waals surface area contributed by atoms with Crippen LogP contribution in [-0.4, -0.2) is 16.8 Å². The zero-order chi connectivity index (χ0) is 10.7. The molecule has 0 spiro atoms. The van der Waals surface area contributed by atoms with Crippen LogP contribution >= 0.6 is 0 Å². The second-order valence-corrected chi connectivity index (χ2v) is 4.13. The molecular formula is C12H13NO2. The van der Waals surface area contributed by atoms with Crippen molar-refractivity contribution in [1.82, 2.24) is 0 Å². The number of isocyanates is 1. The summed E-state index contributed by atoms with van der Waals surface area (Å²) in [5, 5.41) is 9.76. The minimum atomic E-state index is -0.466. The lowest BCUT2D eigenvalue weighted by atomic mass is 10.0. The van der Waals surface area contributed by atoms with Crippen LogP contribution in [0.4, 0.5) is 0 Å². The van der Waals surface area contributed by atoms with Gasteiger partial charge in [-0.25, -0.2) is 9.79 Å². The zero-order valence-electron chi connectivity index (χ0n) is 8.44. The van der Waals surface area contributed by atoms with E-state index in [1.165, 1.54) is 6.08 Å². The van der Waals surface area contributed by atoms with E-state index in [-0.39, 0.29) is 0 Å². The number of aliphatic imine (C=N–C) groups is 1. The van der Waals surface area contributed by atoms with E-state index in [1.807, 2.05) is 24.3 Å². The highest BCUT2D eigenvalue weighted by molar-refractivity contribution is 5.34. The normalized spacial score (nSPS) is 16.9. The standard InChI is InChI=1S/C12H13NO2/c14-9-13-8-11-3-1-2-10(6-11)7-12(15)4-5-12/h1-3,6,15H,4-5,7-8H2. The molecule has 0 saturated heterocycles. The van der Waals surface area contributed by atoms with Crippen LogP contribution in [0.25, 0.3) is 0 Å². The van der Waals surface area contributed by atoms with Gasteiger partial charge in [0.25, 0.3) is 0 Å². The summed E-state index contributed by atoms with van der Waals surface area (Å²) >= 11 is 0. The Hall–Kier alpha value is -1.44. The second kappa shape index (κ2) is 3.97. The summed E-state index contributed by atoms with van der Waals surface area (Å²) in [6, 6.07) is 7.82. The Morgan fingerprint density at radius 3 is 2.80 bits per heavy atom. The first-order valence-electron chi connectivity index (χ1n) is 5.06. The molecule has 0 atom stereocenters. The Balaban J connectivity index is 2.07. The Labute approximate surface area is 88.5 Å². The van der Waals surface area contributed by atoms with Gasteiger partial charge in [-0.2, -0.15) is 0 Å². The highest BCUT2D eigenvalue weighted by Crippen LogP contribution is 2.38. The van der Waals surface area contributed by atoms with E-state index in [4.69, 9.17) is 0 Å². The van der Waals surface area contributed by atoms with Crippen LogP contribution in [0.15, 0.2) is 29.3 Å². The molecule has 1 saturated carbocycles. The molecule has 3 nitrogen and oxygen atoms in total. The fraction of sp³-hybridized carbons (Fsp3) is 0.417. The van der Waals surface area contributed by atoms with Gasteiger partial charge in [0.05, 0.1) is 12.1 Å². The minimum absolute atomic E-state index is 0.371. The molecule has 3 heteroatoms. The first kappa shape index (κ1) is 10.1. The maximum atomic E-state index is 9.97. The van der Waals surface area contributed by atoms with Crippen molar-refractivity contribution in [3.8, 4) is 0 Å². The number of hydrogen-bond acceptors (Lipinski definition) is 3. The van der Waals surface area contributed by atoms with E-state index >= 15 is 0 Å². The molecule has 1 aliphatic rings. The maximum Gasteiger partial charge on any atom is 0.235 e. The second-order valence-electron chi connectivity index (χ2n) is 4.13. The van der Waals surface area contributed by atoms with Crippen molar-refractivity contribution in [2.24, 2.45) is 4.99 Å². The smallest absolute Gasteiger partial charge is 0.235 e. The van der Waals surface area contributed by atoms with Crippen molar-refractivity contribution in [3.63, 3.8) is 0 Å². The van der Waals surface area contributed by atoms with E-state index in [0.29, 0.717) is 13.0 Å². The summed E-state index contributed by atoms with van der Waals surface area (Å²) < 4.78 is 0. The predicted octanol–water partition coefficient (Wildman–Crippen LogP) is 1.59. The zero-order valence-corrected chi connectivity index (χ0v) is 8.44. The quantitative estimate of drug-likeness (QED) is 0.596. The number of nitrogens with zero attached hydrogens (tertiary/aromatic N) is 1. The lowest BCUT2D eigenvalue weighted by molar-refractivity contribution is 0.151. The average molecular weight is 203 g/mol. The van der Waals surface area contributed by atoms with Gasteiger partial charge in [0, 0.05) is 6.42 Å². The van der Waals surface area contributed by atoms with Crippen molar-refractivity contribution < 1.29 is 9.90 Å². The van der Waals surface area contributed by atoms with Gasteiger partial charge in [0.1, 0.15) is 0 Å². The molecule has 0 bridgehead atoms. The molecule has 1 aromatic rings. The number of benzene rings is 1. The molecule has 0 amide bonds. The van der Waals surface area contributed by atoms with Crippen molar-refractivity contribution >= 4 is 6.08 Å². The largest absolute Gasteiger partial charge is 0.390 e. The van der Waals surface area contributed by atoms with Crippen LogP contribution in [0.1, 0.15) is 24.0 Å². The van der Waals surface area contributed by atoms with Gasteiger partial charge in [-0.1, -0.05) is 24.3 Å². The molecule has 0 heterocycles. The molecule has 0 aromatic heterocycles. The molecule has 78 valence electrons. The van der Waals surface area contributed by atoms with Crippen LogP contribution in [-0.2, 0) is 17.8 Å². The van der Waals surface area contributed by atoms with Crippen LogP contribution in [0, 0.1) is 0 Å². The number of rotatable bonds is 4. The average Bonchev–Trinajstić information content (AvgIpc) is 2.93. The molecular weight excluding hydrogens is 190 g/mol. The third kappa shape index (κ3) is 2.75. The summed E-state index contributed by atoms with van der Waals surface area (Å²) in [7, 11) is 0. The Bertz CT molecular complexity index is 404. The SMILES string of the molecule is O=C=NCc1cccc(CC2(O)CC2)c1. The van der Waals surface area contributed by atoms with Gasteiger partial charge in [-0.3, -0.25) is 0 Å². The van der Waals surface area contributed by atoms with Crippen molar-refractivity contribution in [2.75, 3.05) is 0 Å². The Kier molecular flexibility index (Phi) is 2.67. The van der Waals surface area contributed by atoms with Crippen LogP contribution in [0.3, 0.4) is 0 Å². The monoisotopic (exact) mass is 203 g/mol. The van der Waals surface area contributed by atoms with E-state index in [2.05, 4.69) is 4.99 Å². The summed E-state index contributed by atoms with van der Waals surface area (Å²) in [6.45, 7) is 0.371. The summed E-state index contributed by atoms with van der Waals surface area (Å²) in [5.74, 6) is 0. The van der Waals surface area contributed by atoms with E-state index in [1.54, 1.807) is 0 Å². The molecule has 15 heavy (non-hydrogen) atoms. The van der Waals surface area contributed by atoms with Crippen molar-refractivity contribution in [2.45, 2.75) is 31.4 Å². The molecule has 1 aromatic carbocycles. The van der Waals surface area contributed by atoms with Gasteiger partial charge in [-0.05, 0) is 24.0 Å². The summed E-state index contributed by atoms with van der Waals surface area (Å²) in [5.41, 5.74) is 1.63. The molecule has 2 rings (SSSR count). The van der Waals surface area contributed by atoms with E-state index < -0.39 is 5.60 Å². The van der Waals surface area contributed by atoms with Crippen LogP contribution in [0.5, 0.6) is 0 Å². The Morgan fingerprint density at radius 1 is 1.40 bits per heavy atom. The van der Waals surface area contributed by atoms with Crippen molar-refractivity contribution in [1.29, 1.82) is 0 Å². The molecule has 1 aliphatic carbocycles. The number of hydrogen-bond donors (Lipinski definition) is 1. The number of carbonyl (C=O) groups excluding carboxylic acids is 1. The van der Waals surface area contributed by atoms with Gasteiger partial charge in [0.15, 0.2) is 0 Å². The number of aliphatic hydroxyl groups is 1. The minimum Gasteiger partial charge on any atom is -0.390 e. The topological polar surface area (TPSA) is 49.7 Å². The van der Waals surface area contributed by atoms with E-state index in [9.17, 15) is 9.90 Å². The van der Waals surface area contributed by atoms with Gasteiger partial charge >= 0.3 is 0 Å². The summed E-state index contributed by atoms with van der Waals surface area (Å²) in [4.78, 5) is 13.5. The highest BCUT2D eigenvalue weighted by atomic mass is 16.3. The summed E-state index contributed by atoms with van der Waals surface area (Å²) in [6.07, 6.45) is 4.01. The molecule has 0 radical (unpaired) electrons. The third-order valence-corrected chi connectivity index (χ3v) is 2.68. The van der Waals surface area contributed by atoms with Gasteiger partial charge in [-0.15, -0.1) is 0 Å². The van der Waals surface area contributed by atoms with Gasteiger partial charge in [0.2, 0.25) is 6.08 Å². The fourth-order valence-electron chi connectivity index (χ4n) is 1.66. The first-order chi connectivity index (χ1) is 7.22. The lowest BCUT2D eigenvalue weighted by Gasteiger charge is -2.08. The molecule has 1 fully saturated rings. The Morgan fingerprint density at radius 2 is 2.13 bits per heavy atom. The van der Waals surface area contributed by atoms with E-state index in [0.717, 1.165) is 24.0 Å². The predicted molar refractivity (Wildman–Crippen MR) is 56.2 cm³/mol. The third-order valence-electron chi connectivity index (χ3n) is 2.68. The highest BCUT2D eigenvalue weighted by Gasteiger charge is 2.39. The first-order valence-corrected chi connectivity index (χ1v) is 5.06. The maximum absolute atomic E-state index is 9.97. The molecule has 0 aliphatic heterocycles. The molecule has 0 unspecified atom stereocenters. The fourth-order valence-corrected chi connectivity index (χ4v) is 1.66. The van der Waals surface area contributed by atoms with Crippen LogP contribution in [0.2, 0.25) is 0 Å².